The molecule has 0 nitrogen and oxygen atoms in total. The van der Waals surface area contributed by atoms with Gasteiger partial charge in [-0.05, 0) is 12.5 Å². The third kappa shape index (κ3) is 0.937. The normalized spacial score (nSPS) is 27.8. The predicted octanol–water partition coefficient (Wildman–Crippen LogP) is 2.90. The van der Waals surface area contributed by atoms with Crippen LogP contribution in [0, 0.1) is 0 Å². The van der Waals surface area contributed by atoms with E-state index in [1.54, 1.807) is 0 Å². The van der Waals surface area contributed by atoms with Gasteiger partial charge in [-0.2, -0.15) is 17.6 Å². The summed E-state index contributed by atoms with van der Waals surface area (Å²) < 4.78 is 61.0. The van der Waals surface area contributed by atoms with Crippen LogP contribution in [0.2, 0.25) is 0 Å². The standard InChI is InChI=1S/C6H5F5/c1-3-2-5(8,9)6(10,11)4(3)7/h2H2,1H3. The zero-order chi connectivity index (χ0) is 8.86. The van der Waals surface area contributed by atoms with E-state index in [9.17, 15) is 22.0 Å². The van der Waals surface area contributed by atoms with Gasteiger partial charge >= 0.3 is 11.8 Å². The molecule has 0 heterocycles. The van der Waals surface area contributed by atoms with E-state index >= 15 is 0 Å². The smallest absolute Gasteiger partial charge is 0.205 e. The van der Waals surface area contributed by atoms with Gasteiger partial charge in [0.2, 0.25) is 0 Å². The van der Waals surface area contributed by atoms with Crippen LogP contribution < -0.4 is 0 Å². The Hall–Kier alpha value is -0.610. The third-order valence-corrected chi connectivity index (χ3v) is 1.60. The lowest BCUT2D eigenvalue weighted by molar-refractivity contribution is -0.180. The lowest BCUT2D eigenvalue weighted by Crippen LogP contribution is -2.36. The number of halogens is 5. The first-order valence-electron chi connectivity index (χ1n) is 2.90. The van der Waals surface area contributed by atoms with Gasteiger partial charge in [-0.1, -0.05) is 0 Å². The van der Waals surface area contributed by atoms with E-state index in [0.717, 1.165) is 6.92 Å². The Balaban J connectivity index is 3.08. The predicted molar refractivity (Wildman–Crippen MR) is 28.3 cm³/mol. The maximum Gasteiger partial charge on any atom is 0.360 e. The highest BCUT2D eigenvalue weighted by molar-refractivity contribution is 5.26. The highest BCUT2D eigenvalue weighted by atomic mass is 19.3. The molecule has 0 aromatic heterocycles. The lowest BCUT2D eigenvalue weighted by Gasteiger charge is -2.17. The fourth-order valence-electron chi connectivity index (χ4n) is 0.950. The summed E-state index contributed by atoms with van der Waals surface area (Å²) in [6.07, 6.45) is -1.19. The largest absolute Gasteiger partial charge is 0.360 e. The molecule has 0 saturated carbocycles. The molecule has 0 radical (unpaired) electrons. The summed E-state index contributed by atoms with van der Waals surface area (Å²) in [6, 6.07) is 0. The molecule has 0 N–H and O–H groups in total. The minimum absolute atomic E-state index is 0.569. The first kappa shape index (κ1) is 8.49. The summed E-state index contributed by atoms with van der Waals surface area (Å²) in [5.74, 6) is -10.8. The molecule has 0 aromatic carbocycles. The van der Waals surface area contributed by atoms with Gasteiger partial charge in [-0.3, -0.25) is 0 Å². The Morgan fingerprint density at radius 3 is 1.73 bits per heavy atom. The Morgan fingerprint density at radius 2 is 1.64 bits per heavy atom. The van der Waals surface area contributed by atoms with Crippen molar-refractivity contribution in [2.45, 2.75) is 25.2 Å². The lowest BCUT2D eigenvalue weighted by atomic mass is 10.2. The van der Waals surface area contributed by atoms with Crippen LogP contribution in [0.4, 0.5) is 22.0 Å². The van der Waals surface area contributed by atoms with Gasteiger partial charge in [0.05, 0.1) is 0 Å². The van der Waals surface area contributed by atoms with Crippen molar-refractivity contribution >= 4 is 0 Å². The molecule has 0 aromatic rings. The minimum Gasteiger partial charge on any atom is -0.205 e. The van der Waals surface area contributed by atoms with Crippen molar-refractivity contribution in [3.8, 4) is 0 Å². The molecular weight excluding hydrogens is 167 g/mol. The van der Waals surface area contributed by atoms with Crippen LogP contribution in [-0.2, 0) is 0 Å². The molecule has 0 aliphatic heterocycles. The number of allylic oxidation sites excluding steroid dienone is 2. The fourth-order valence-corrected chi connectivity index (χ4v) is 0.950. The third-order valence-electron chi connectivity index (χ3n) is 1.60. The second kappa shape index (κ2) is 1.95. The maximum atomic E-state index is 12.2. The Labute approximate surface area is 59.7 Å². The average Bonchev–Trinajstić information content (AvgIpc) is 1.93. The van der Waals surface area contributed by atoms with E-state index in [0.29, 0.717) is 0 Å². The zero-order valence-electron chi connectivity index (χ0n) is 5.60. The van der Waals surface area contributed by atoms with Crippen LogP contribution in [0.3, 0.4) is 0 Å². The Bertz CT molecular complexity index is 215. The molecule has 5 heteroatoms. The van der Waals surface area contributed by atoms with E-state index in [-0.39, 0.29) is 0 Å². The second-order valence-corrected chi connectivity index (χ2v) is 2.55. The highest BCUT2D eigenvalue weighted by Crippen LogP contribution is 2.51. The quantitative estimate of drug-likeness (QED) is 0.493. The summed E-state index contributed by atoms with van der Waals surface area (Å²) >= 11 is 0. The summed E-state index contributed by atoms with van der Waals surface area (Å²) in [4.78, 5) is 0. The van der Waals surface area contributed by atoms with E-state index in [1.165, 1.54) is 0 Å². The van der Waals surface area contributed by atoms with Crippen LogP contribution in [0.15, 0.2) is 11.4 Å². The van der Waals surface area contributed by atoms with E-state index in [2.05, 4.69) is 0 Å². The van der Waals surface area contributed by atoms with Crippen molar-refractivity contribution in [3.63, 3.8) is 0 Å². The number of rotatable bonds is 0. The van der Waals surface area contributed by atoms with Crippen molar-refractivity contribution in [2.24, 2.45) is 0 Å². The topological polar surface area (TPSA) is 0 Å². The van der Waals surface area contributed by atoms with Gasteiger partial charge in [0, 0.05) is 6.42 Å². The molecule has 0 bridgehead atoms. The molecule has 0 amide bonds. The molecule has 1 aliphatic rings. The molecule has 0 spiro atoms. The van der Waals surface area contributed by atoms with Crippen molar-refractivity contribution < 1.29 is 22.0 Å². The molecule has 11 heavy (non-hydrogen) atoms. The van der Waals surface area contributed by atoms with E-state index < -0.39 is 29.7 Å². The molecule has 64 valence electrons. The molecule has 0 unspecified atom stereocenters. The molecule has 0 fully saturated rings. The van der Waals surface area contributed by atoms with Gasteiger partial charge in [0.15, 0.2) is 5.83 Å². The van der Waals surface area contributed by atoms with Gasteiger partial charge in [0.1, 0.15) is 0 Å². The van der Waals surface area contributed by atoms with Gasteiger partial charge in [-0.15, -0.1) is 0 Å². The molecule has 1 aliphatic carbocycles. The van der Waals surface area contributed by atoms with Gasteiger partial charge < -0.3 is 0 Å². The Kier molecular flexibility index (Phi) is 1.51. The van der Waals surface area contributed by atoms with Gasteiger partial charge in [-0.25, -0.2) is 4.39 Å². The first-order valence-corrected chi connectivity index (χ1v) is 2.90. The molecule has 1 rings (SSSR count). The highest BCUT2D eigenvalue weighted by Gasteiger charge is 2.64. The first-order chi connectivity index (χ1) is 4.79. The van der Waals surface area contributed by atoms with Gasteiger partial charge in [0.25, 0.3) is 0 Å². The van der Waals surface area contributed by atoms with Crippen LogP contribution in [0.25, 0.3) is 0 Å². The monoisotopic (exact) mass is 172 g/mol. The summed E-state index contributed by atoms with van der Waals surface area (Å²) in [6.45, 7) is 0.935. The van der Waals surface area contributed by atoms with E-state index in [1.807, 2.05) is 0 Å². The molecule has 0 saturated heterocycles. The van der Waals surface area contributed by atoms with Crippen molar-refractivity contribution in [1.82, 2.24) is 0 Å². The summed E-state index contributed by atoms with van der Waals surface area (Å²) in [5.41, 5.74) is -0.569. The van der Waals surface area contributed by atoms with Crippen molar-refractivity contribution in [2.75, 3.05) is 0 Å². The fraction of sp³-hybridized carbons (Fsp3) is 0.667. The van der Waals surface area contributed by atoms with Crippen LogP contribution in [-0.4, -0.2) is 11.8 Å². The number of hydrogen-bond donors (Lipinski definition) is 0. The van der Waals surface area contributed by atoms with Crippen molar-refractivity contribution in [1.29, 1.82) is 0 Å². The average molecular weight is 172 g/mol. The van der Waals surface area contributed by atoms with Crippen LogP contribution >= 0.6 is 0 Å². The maximum absolute atomic E-state index is 12.2. The minimum atomic E-state index is -4.60. The van der Waals surface area contributed by atoms with Crippen LogP contribution in [0.1, 0.15) is 13.3 Å². The SMILES string of the molecule is CC1=C(F)C(F)(F)C(F)(F)C1. The number of hydrogen-bond acceptors (Lipinski definition) is 0. The van der Waals surface area contributed by atoms with Crippen LogP contribution in [0.5, 0.6) is 0 Å². The second-order valence-electron chi connectivity index (χ2n) is 2.55. The zero-order valence-corrected chi connectivity index (χ0v) is 5.60. The summed E-state index contributed by atoms with van der Waals surface area (Å²) in [7, 11) is 0. The van der Waals surface area contributed by atoms with Crippen molar-refractivity contribution in [3.05, 3.63) is 11.4 Å². The number of alkyl halides is 4. The van der Waals surface area contributed by atoms with E-state index in [4.69, 9.17) is 0 Å². The molecular formula is C6H5F5. The summed E-state index contributed by atoms with van der Waals surface area (Å²) in [5, 5.41) is 0. The Morgan fingerprint density at radius 1 is 1.18 bits per heavy atom. The molecule has 0 atom stereocenters.